The maximum absolute atomic E-state index is 4.03. The summed E-state index contributed by atoms with van der Waals surface area (Å²) in [5.74, 6) is 0. The smallest absolute Gasteiger partial charge is 0.209 e. The van der Waals surface area contributed by atoms with Gasteiger partial charge in [0.15, 0.2) is 0 Å². The Morgan fingerprint density at radius 3 is 2.67 bits per heavy atom. The summed E-state index contributed by atoms with van der Waals surface area (Å²) in [6.45, 7) is 8.69. The Kier molecular flexibility index (Phi) is 4.15. The summed E-state index contributed by atoms with van der Waals surface area (Å²) in [5, 5.41) is 13.1. The first kappa shape index (κ1) is 12.8. The molecule has 0 saturated carbocycles. The Morgan fingerprint density at radius 1 is 1.33 bits per heavy atom. The monoisotopic (exact) mass is 260 g/mol. The Labute approximate surface area is 111 Å². The SMILES string of the molecule is C=Cc1ccc(Cn2nnnc2SC(C)C)cc1. The molecular weight excluding hydrogens is 244 g/mol. The minimum atomic E-state index is 0.470. The van der Waals surface area contributed by atoms with E-state index < -0.39 is 0 Å². The molecule has 0 radical (unpaired) electrons. The van der Waals surface area contributed by atoms with Crippen LogP contribution < -0.4 is 0 Å². The Bertz CT molecular complexity index is 516. The normalized spacial score (nSPS) is 10.8. The molecule has 0 spiro atoms. The average Bonchev–Trinajstić information content (AvgIpc) is 2.77. The fourth-order valence-electron chi connectivity index (χ4n) is 1.52. The molecule has 0 bridgehead atoms. The first-order valence-electron chi connectivity index (χ1n) is 5.83. The molecule has 2 aromatic rings. The van der Waals surface area contributed by atoms with E-state index in [9.17, 15) is 0 Å². The molecule has 2 rings (SSSR count). The zero-order valence-electron chi connectivity index (χ0n) is 10.6. The topological polar surface area (TPSA) is 43.6 Å². The fraction of sp³-hybridized carbons (Fsp3) is 0.308. The van der Waals surface area contributed by atoms with Crippen LogP contribution in [0.15, 0.2) is 36.0 Å². The van der Waals surface area contributed by atoms with Crippen LogP contribution in [0.1, 0.15) is 25.0 Å². The highest BCUT2D eigenvalue weighted by Gasteiger charge is 2.09. The lowest BCUT2D eigenvalue weighted by atomic mass is 10.1. The number of nitrogens with zero attached hydrogens (tertiary/aromatic N) is 4. The lowest BCUT2D eigenvalue weighted by Gasteiger charge is -2.06. The van der Waals surface area contributed by atoms with E-state index in [0.717, 1.165) is 10.7 Å². The van der Waals surface area contributed by atoms with E-state index in [1.807, 2.05) is 22.9 Å². The summed E-state index contributed by atoms with van der Waals surface area (Å²) >= 11 is 1.67. The molecule has 0 N–H and O–H groups in total. The van der Waals surface area contributed by atoms with Crippen molar-refractivity contribution in [3.63, 3.8) is 0 Å². The molecule has 5 heteroatoms. The minimum Gasteiger partial charge on any atom is -0.216 e. The second kappa shape index (κ2) is 5.82. The number of hydrogen-bond acceptors (Lipinski definition) is 4. The molecule has 0 fully saturated rings. The third kappa shape index (κ3) is 3.20. The molecule has 0 amide bonds. The molecule has 0 unspecified atom stereocenters. The van der Waals surface area contributed by atoms with Crippen molar-refractivity contribution in [2.75, 3.05) is 0 Å². The molecule has 4 nitrogen and oxygen atoms in total. The van der Waals surface area contributed by atoms with Gasteiger partial charge in [0.05, 0.1) is 6.54 Å². The number of tetrazole rings is 1. The Balaban J connectivity index is 2.12. The predicted molar refractivity (Wildman–Crippen MR) is 74.4 cm³/mol. The summed E-state index contributed by atoms with van der Waals surface area (Å²) in [4.78, 5) is 0. The molecule has 94 valence electrons. The van der Waals surface area contributed by atoms with E-state index in [1.165, 1.54) is 5.56 Å². The predicted octanol–water partition coefficient (Wildman–Crippen LogP) is 2.86. The van der Waals surface area contributed by atoms with E-state index in [-0.39, 0.29) is 0 Å². The van der Waals surface area contributed by atoms with Gasteiger partial charge in [-0.15, -0.1) is 5.10 Å². The summed E-state index contributed by atoms with van der Waals surface area (Å²) < 4.78 is 1.83. The largest absolute Gasteiger partial charge is 0.216 e. The van der Waals surface area contributed by atoms with Crippen LogP contribution in [0.2, 0.25) is 0 Å². The van der Waals surface area contributed by atoms with Crippen molar-refractivity contribution < 1.29 is 0 Å². The summed E-state index contributed by atoms with van der Waals surface area (Å²) in [5.41, 5.74) is 2.30. The van der Waals surface area contributed by atoms with E-state index in [4.69, 9.17) is 0 Å². The fourth-order valence-corrected chi connectivity index (χ4v) is 2.25. The van der Waals surface area contributed by atoms with Gasteiger partial charge in [0.2, 0.25) is 5.16 Å². The van der Waals surface area contributed by atoms with Crippen molar-refractivity contribution in [2.24, 2.45) is 0 Å². The van der Waals surface area contributed by atoms with Crippen LogP contribution in [0, 0.1) is 0 Å². The summed E-state index contributed by atoms with van der Waals surface area (Å²) in [7, 11) is 0. The maximum atomic E-state index is 4.03. The average molecular weight is 260 g/mol. The zero-order chi connectivity index (χ0) is 13.0. The van der Waals surface area contributed by atoms with Gasteiger partial charge in [-0.3, -0.25) is 0 Å². The molecule has 1 heterocycles. The van der Waals surface area contributed by atoms with Gasteiger partial charge in [0.1, 0.15) is 0 Å². The Hall–Kier alpha value is -1.62. The minimum absolute atomic E-state index is 0.470. The molecule has 18 heavy (non-hydrogen) atoms. The maximum Gasteiger partial charge on any atom is 0.209 e. The highest BCUT2D eigenvalue weighted by molar-refractivity contribution is 7.99. The van der Waals surface area contributed by atoms with Crippen molar-refractivity contribution in [2.45, 2.75) is 30.8 Å². The van der Waals surface area contributed by atoms with Crippen LogP contribution in [0.4, 0.5) is 0 Å². The number of benzene rings is 1. The van der Waals surface area contributed by atoms with Gasteiger partial charge in [-0.1, -0.05) is 62.5 Å². The van der Waals surface area contributed by atoms with Crippen LogP contribution in [-0.4, -0.2) is 25.5 Å². The quantitative estimate of drug-likeness (QED) is 0.775. The van der Waals surface area contributed by atoms with Gasteiger partial charge < -0.3 is 0 Å². The van der Waals surface area contributed by atoms with Crippen LogP contribution >= 0.6 is 11.8 Å². The highest BCUT2D eigenvalue weighted by atomic mass is 32.2. The Morgan fingerprint density at radius 2 is 2.06 bits per heavy atom. The summed E-state index contributed by atoms with van der Waals surface area (Å²) in [6.07, 6.45) is 1.83. The van der Waals surface area contributed by atoms with E-state index in [1.54, 1.807) is 11.8 Å². The van der Waals surface area contributed by atoms with Gasteiger partial charge >= 0.3 is 0 Å². The van der Waals surface area contributed by atoms with Crippen LogP contribution in [-0.2, 0) is 6.54 Å². The molecule has 0 aliphatic heterocycles. The number of hydrogen-bond donors (Lipinski definition) is 0. The van der Waals surface area contributed by atoms with Crippen molar-refractivity contribution in [3.8, 4) is 0 Å². The number of rotatable bonds is 5. The van der Waals surface area contributed by atoms with Crippen molar-refractivity contribution in [1.29, 1.82) is 0 Å². The van der Waals surface area contributed by atoms with Gasteiger partial charge in [-0.2, -0.15) is 0 Å². The third-order valence-corrected chi connectivity index (χ3v) is 3.36. The number of thioether (sulfide) groups is 1. The van der Waals surface area contributed by atoms with Crippen LogP contribution in [0.25, 0.3) is 6.08 Å². The van der Waals surface area contributed by atoms with Crippen molar-refractivity contribution in [1.82, 2.24) is 20.2 Å². The van der Waals surface area contributed by atoms with Crippen LogP contribution in [0.3, 0.4) is 0 Å². The molecule has 0 atom stereocenters. The number of aromatic nitrogens is 4. The van der Waals surface area contributed by atoms with E-state index in [0.29, 0.717) is 11.8 Å². The highest BCUT2D eigenvalue weighted by Crippen LogP contribution is 2.20. The van der Waals surface area contributed by atoms with Crippen molar-refractivity contribution in [3.05, 3.63) is 42.0 Å². The second-order valence-corrected chi connectivity index (χ2v) is 5.78. The van der Waals surface area contributed by atoms with Crippen molar-refractivity contribution >= 4 is 17.8 Å². The molecule has 1 aromatic carbocycles. The molecular formula is C13H16N4S. The molecule has 0 aliphatic carbocycles. The zero-order valence-corrected chi connectivity index (χ0v) is 11.4. The third-order valence-electron chi connectivity index (χ3n) is 2.39. The second-order valence-electron chi connectivity index (χ2n) is 4.23. The molecule has 1 aromatic heterocycles. The van der Waals surface area contributed by atoms with Gasteiger partial charge in [0, 0.05) is 5.25 Å². The first-order valence-corrected chi connectivity index (χ1v) is 6.71. The van der Waals surface area contributed by atoms with Crippen LogP contribution in [0.5, 0.6) is 0 Å². The standard InChI is InChI=1S/C13H16N4S/c1-4-11-5-7-12(8-6-11)9-17-13(14-15-16-17)18-10(2)3/h4-8,10H,1,9H2,2-3H3. The first-order chi connectivity index (χ1) is 8.69. The molecule has 0 saturated heterocycles. The lowest BCUT2D eigenvalue weighted by molar-refractivity contribution is 0.602. The van der Waals surface area contributed by atoms with Gasteiger partial charge in [-0.25, -0.2) is 4.68 Å². The summed E-state index contributed by atoms with van der Waals surface area (Å²) in [6, 6.07) is 8.23. The van der Waals surface area contributed by atoms with Gasteiger partial charge in [-0.05, 0) is 21.6 Å². The van der Waals surface area contributed by atoms with E-state index in [2.05, 4.69) is 48.1 Å². The lowest BCUT2D eigenvalue weighted by Crippen LogP contribution is -2.05. The molecule has 0 aliphatic rings. The van der Waals surface area contributed by atoms with Gasteiger partial charge in [0.25, 0.3) is 0 Å². The van der Waals surface area contributed by atoms with E-state index >= 15 is 0 Å².